The molecule has 0 aromatic heterocycles. The molecule has 2 atom stereocenters. The van der Waals surface area contributed by atoms with E-state index < -0.39 is 12.1 Å². The van der Waals surface area contributed by atoms with E-state index in [0.717, 1.165) is 77.0 Å². The van der Waals surface area contributed by atoms with Crippen molar-refractivity contribution in [2.75, 3.05) is 13.2 Å². The summed E-state index contributed by atoms with van der Waals surface area (Å²) in [5.41, 5.74) is 0. The van der Waals surface area contributed by atoms with Gasteiger partial charge in [0.05, 0.1) is 25.4 Å². The Labute approximate surface area is 374 Å². The number of esters is 1. The van der Waals surface area contributed by atoms with Gasteiger partial charge < -0.3 is 20.3 Å². The first-order chi connectivity index (χ1) is 29.5. The van der Waals surface area contributed by atoms with Gasteiger partial charge in [0.2, 0.25) is 5.91 Å². The average molecular weight is 848 g/mol. The van der Waals surface area contributed by atoms with Crippen molar-refractivity contribution < 1.29 is 24.5 Å². The molecule has 0 aromatic carbocycles. The molecule has 356 valence electrons. The number of amides is 1. The maximum atomic E-state index is 12.5. The fourth-order valence-corrected chi connectivity index (χ4v) is 8.40. The minimum Gasteiger partial charge on any atom is -0.466 e. The Kier molecular flexibility index (Phi) is 49.1. The summed E-state index contributed by atoms with van der Waals surface area (Å²) in [5, 5.41) is 23.3. The smallest absolute Gasteiger partial charge is 0.305 e. The van der Waals surface area contributed by atoms with E-state index in [4.69, 9.17) is 4.74 Å². The van der Waals surface area contributed by atoms with Crippen LogP contribution in [0.5, 0.6) is 0 Å². The number of aliphatic hydroxyl groups excluding tert-OH is 2. The molecule has 1 amide bonds. The van der Waals surface area contributed by atoms with Crippen molar-refractivity contribution in [2.45, 2.75) is 309 Å². The largest absolute Gasteiger partial charge is 0.466 e. The summed E-state index contributed by atoms with van der Waals surface area (Å²) in [7, 11) is 0. The van der Waals surface area contributed by atoms with Gasteiger partial charge in [-0.15, -0.1) is 0 Å². The number of carbonyl (C=O) groups is 2. The molecule has 6 nitrogen and oxygen atoms in total. The number of unbranched alkanes of at least 4 members (excludes halogenated alkanes) is 37. The summed E-state index contributed by atoms with van der Waals surface area (Å²) in [5.74, 6) is -0.102. The van der Waals surface area contributed by atoms with Crippen LogP contribution in [-0.2, 0) is 14.3 Å². The van der Waals surface area contributed by atoms with Crippen LogP contribution in [0.1, 0.15) is 296 Å². The molecule has 0 aromatic rings. The number of ether oxygens (including phenoxy) is 1. The lowest BCUT2D eigenvalue weighted by Crippen LogP contribution is -2.45. The Hall–Kier alpha value is -1.40. The zero-order valence-electron chi connectivity index (χ0n) is 40.5. The van der Waals surface area contributed by atoms with E-state index in [1.807, 2.05) is 0 Å². The number of hydrogen-bond acceptors (Lipinski definition) is 5. The quantitative estimate of drug-likeness (QED) is 0.0322. The topological polar surface area (TPSA) is 95.9 Å². The number of hydrogen-bond donors (Lipinski definition) is 3. The van der Waals surface area contributed by atoms with Crippen LogP contribution in [0, 0.1) is 0 Å². The maximum absolute atomic E-state index is 12.5. The van der Waals surface area contributed by atoms with E-state index in [-0.39, 0.29) is 18.5 Å². The van der Waals surface area contributed by atoms with Gasteiger partial charge in [-0.1, -0.05) is 244 Å². The highest BCUT2D eigenvalue weighted by atomic mass is 16.5. The predicted octanol–water partition coefficient (Wildman–Crippen LogP) is 16.1. The van der Waals surface area contributed by atoms with Crippen LogP contribution in [0.3, 0.4) is 0 Å². The number of carbonyl (C=O) groups excluding carboxylic acids is 2. The summed E-state index contributed by atoms with van der Waals surface area (Å²) < 4.78 is 5.43. The minimum atomic E-state index is -0.685. The molecule has 2 unspecified atom stereocenters. The van der Waals surface area contributed by atoms with Crippen molar-refractivity contribution in [1.29, 1.82) is 0 Å². The third-order valence-corrected chi connectivity index (χ3v) is 12.6. The molecule has 0 radical (unpaired) electrons. The van der Waals surface area contributed by atoms with E-state index >= 15 is 0 Å². The molecule has 0 saturated carbocycles. The minimum absolute atomic E-state index is 0.0341. The third kappa shape index (κ3) is 46.1. The van der Waals surface area contributed by atoms with Crippen molar-refractivity contribution in [3.63, 3.8) is 0 Å². The Morgan fingerprint density at radius 3 is 1.18 bits per heavy atom. The Bertz CT molecular complexity index is 893. The first-order valence-electron chi connectivity index (χ1n) is 26.9. The molecule has 0 aliphatic carbocycles. The van der Waals surface area contributed by atoms with Crippen LogP contribution in [0.15, 0.2) is 12.2 Å². The lowest BCUT2D eigenvalue weighted by Gasteiger charge is -2.22. The zero-order valence-corrected chi connectivity index (χ0v) is 40.5. The number of allylic oxidation sites excluding steroid dienone is 2. The van der Waals surface area contributed by atoms with E-state index in [2.05, 4.69) is 31.3 Å². The molecule has 0 aliphatic heterocycles. The highest BCUT2D eigenvalue weighted by Gasteiger charge is 2.20. The Balaban J connectivity index is 3.51. The molecule has 60 heavy (non-hydrogen) atoms. The summed E-state index contributed by atoms with van der Waals surface area (Å²) >= 11 is 0. The SMILES string of the molecule is CCCCCCCCCCCCCCCCCCCCCCC(O)C(CO)NC(=O)CCCCCC/C=C\CCCCOC(=O)CCCCCCCCCCCCCCC. The summed E-state index contributed by atoms with van der Waals surface area (Å²) in [4.78, 5) is 24.5. The van der Waals surface area contributed by atoms with Gasteiger partial charge in [0.25, 0.3) is 0 Å². The number of rotatable bonds is 50. The first-order valence-corrected chi connectivity index (χ1v) is 26.9. The van der Waals surface area contributed by atoms with Crippen LogP contribution in [0.25, 0.3) is 0 Å². The van der Waals surface area contributed by atoms with E-state index in [9.17, 15) is 19.8 Å². The second-order valence-electron chi connectivity index (χ2n) is 18.6. The van der Waals surface area contributed by atoms with Crippen molar-refractivity contribution >= 4 is 11.9 Å². The van der Waals surface area contributed by atoms with Gasteiger partial charge in [-0.3, -0.25) is 9.59 Å². The highest BCUT2D eigenvalue weighted by Crippen LogP contribution is 2.17. The van der Waals surface area contributed by atoms with Crippen LogP contribution >= 0.6 is 0 Å². The fraction of sp³-hybridized carbons (Fsp3) is 0.926. The normalized spacial score (nSPS) is 12.7. The zero-order chi connectivity index (χ0) is 43.7. The number of nitrogens with one attached hydrogen (secondary N) is 1. The van der Waals surface area contributed by atoms with E-state index in [1.54, 1.807) is 0 Å². The van der Waals surface area contributed by atoms with Crippen LogP contribution in [0.2, 0.25) is 0 Å². The summed E-state index contributed by atoms with van der Waals surface area (Å²) in [6.45, 7) is 4.88. The van der Waals surface area contributed by atoms with E-state index in [0.29, 0.717) is 25.9 Å². The second-order valence-corrected chi connectivity index (χ2v) is 18.6. The molecule has 0 spiro atoms. The monoisotopic (exact) mass is 848 g/mol. The molecule has 0 fully saturated rings. The predicted molar refractivity (Wildman–Crippen MR) is 260 cm³/mol. The second kappa shape index (κ2) is 50.2. The molecular formula is C54H105NO5. The molecule has 3 N–H and O–H groups in total. The average Bonchev–Trinajstić information content (AvgIpc) is 3.25. The highest BCUT2D eigenvalue weighted by molar-refractivity contribution is 5.76. The molecule has 0 saturated heterocycles. The van der Waals surface area contributed by atoms with Crippen molar-refractivity contribution in [2.24, 2.45) is 0 Å². The van der Waals surface area contributed by atoms with Crippen molar-refractivity contribution in [3.05, 3.63) is 12.2 Å². The molecule has 0 rings (SSSR count). The van der Waals surface area contributed by atoms with Crippen molar-refractivity contribution in [3.8, 4) is 0 Å². The van der Waals surface area contributed by atoms with Gasteiger partial charge in [0, 0.05) is 12.8 Å². The lowest BCUT2D eigenvalue weighted by molar-refractivity contribution is -0.143. The van der Waals surface area contributed by atoms with Gasteiger partial charge in [-0.25, -0.2) is 0 Å². The van der Waals surface area contributed by atoms with Gasteiger partial charge in [0.1, 0.15) is 0 Å². The third-order valence-electron chi connectivity index (χ3n) is 12.6. The first kappa shape index (κ1) is 58.6. The van der Waals surface area contributed by atoms with Crippen LogP contribution in [-0.4, -0.2) is 47.4 Å². The standard InChI is InChI=1S/C54H105NO5/c1-3-5-7-9-11-13-15-17-18-19-20-21-22-23-25-26-30-34-38-42-46-52(57)51(50-56)55-53(58)47-43-39-35-31-28-29-33-37-41-45-49-60-54(59)48-44-40-36-32-27-24-16-14-12-10-8-6-4-2/h29,33,51-52,56-57H,3-28,30-32,34-50H2,1-2H3,(H,55,58)/b33-29-. The fourth-order valence-electron chi connectivity index (χ4n) is 8.40. The van der Waals surface area contributed by atoms with Gasteiger partial charge in [0.15, 0.2) is 0 Å². The Morgan fingerprint density at radius 1 is 0.450 bits per heavy atom. The summed E-state index contributed by atoms with van der Waals surface area (Å²) in [6, 6.07) is -0.566. The van der Waals surface area contributed by atoms with Crippen LogP contribution < -0.4 is 5.32 Å². The molecule has 0 bridgehead atoms. The lowest BCUT2D eigenvalue weighted by atomic mass is 10.0. The molecular weight excluding hydrogens is 743 g/mol. The molecule has 6 heteroatoms. The number of aliphatic hydroxyl groups is 2. The van der Waals surface area contributed by atoms with Gasteiger partial charge in [-0.2, -0.15) is 0 Å². The maximum Gasteiger partial charge on any atom is 0.305 e. The summed E-state index contributed by atoms with van der Waals surface area (Å²) in [6.07, 6.45) is 57.6. The van der Waals surface area contributed by atoms with Crippen molar-refractivity contribution in [1.82, 2.24) is 5.32 Å². The Morgan fingerprint density at radius 2 is 0.783 bits per heavy atom. The van der Waals surface area contributed by atoms with E-state index in [1.165, 1.54) is 186 Å². The molecule has 0 heterocycles. The molecule has 0 aliphatic rings. The van der Waals surface area contributed by atoms with Crippen LogP contribution in [0.4, 0.5) is 0 Å². The van der Waals surface area contributed by atoms with Gasteiger partial charge >= 0.3 is 5.97 Å². The van der Waals surface area contributed by atoms with Gasteiger partial charge in [-0.05, 0) is 51.4 Å².